The number of furan rings is 1. The van der Waals surface area contributed by atoms with E-state index in [1.165, 1.54) is 43.8 Å². The smallest absolute Gasteiger partial charge is 0.161 e. The van der Waals surface area contributed by atoms with E-state index in [2.05, 4.69) is 240 Å². The maximum atomic E-state index is 6.89. The van der Waals surface area contributed by atoms with Gasteiger partial charge < -0.3 is 13.9 Å². The molecule has 0 aliphatic carbocycles. The second kappa shape index (κ2) is 14.3. The van der Waals surface area contributed by atoms with Crippen LogP contribution in [0.5, 0.6) is 0 Å². The topological polar surface area (TPSA) is 21.3 Å². The summed E-state index contributed by atoms with van der Waals surface area (Å²) in [5.41, 5.74) is 15.4. The van der Waals surface area contributed by atoms with Gasteiger partial charge in [0, 0.05) is 39.1 Å². The molecule has 0 amide bonds. The van der Waals surface area contributed by atoms with Crippen LogP contribution in [0.25, 0.3) is 93.6 Å². The molecule has 0 bridgehead atoms. The van der Waals surface area contributed by atoms with Crippen molar-refractivity contribution in [1.29, 1.82) is 0 Å². The van der Waals surface area contributed by atoms with Crippen molar-refractivity contribution in [2.24, 2.45) is 0 Å². The van der Waals surface area contributed by atoms with Gasteiger partial charge in [-0.2, -0.15) is 0 Å². The standard InChI is InChI=1S/C58H38N2O/c1-2-17-44(18-3-1)60-55-26-9-8-21-53(55)58-56(60)54-25-12-24-52(57(54)61-58)43-31-37-47(38-32-43)59(45-33-27-41(28-34-45)50-22-10-15-39-13-4-6-19-48(39)50)46-35-29-42(30-36-46)51-23-11-16-40-14-5-7-20-49(40)51/h1-38H. The Kier molecular flexibility index (Phi) is 8.17. The zero-order valence-electron chi connectivity index (χ0n) is 33.2. The molecule has 0 unspecified atom stereocenters. The second-order valence-corrected chi connectivity index (χ2v) is 15.7. The summed E-state index contributed by atoms with van der Waals surface area (Å²) in [5.74, 6) is 0. The number of aromatic nitrogens is 1. The number of hydrogen-bond acceptors (Lipinski definition) is 2. The molecule has 0 saturated heterocycles. The van der Waals surface area contributed by atoms with E-state index in [9.17, 15) is 0 Å². The van der Waals surface area contributed by atoms with Gasteiger partial charge >= 0.3 is 0 Å². The molecule has 2 aromatic heterocycles. The molecule has 0 aliphatic rings. The van der Waals surface area contributed by atoms with Gasteiger partial charge in [-0.05, 0) is 116 Å². The van der Waals surface area contributed by atoms with Gasteiger partial charge in [0.25, 0.3) is 0 Å². The van der Waals surface area contributed by atoms with Crippen LogP contribution in [-0.4, -0.2) is 4.57 Å². The Bertz CT molecular complexity index is 3430. The summed E-state index contributed by atoms with van der Waals surface area (Å²) in [5, 5.41) is 7.19. The number of nitrogens with zero attached hydrogens (tertiary/aromatic N) is 2. The average molecular weight is 779 g/mol. The van der Waals surface area contributed by atoms with Crippen LogP contribution in [0.2, 0.25) is 0 Å². The molecule has 10 aromatic carbocycles. The van der Waals surface area contributed by atoms with E-state index in [4.69, 9.17) is 4.42 Å². The van der Waals surface area contributed by atoms with Gasteiger partial charge in [-0.3, -0.25) is 0 Å². The maximum absolute atomic E-state index is 6.89. The highest BCUT2D eigenvalue weighted by Gasteiger charge is 2.22. The third-order valence-electron chi connectivity index (χ3n) is 12.2. The van der Waals surface area contributed by atoms with Gasteiger partial charge in [0.2, 0.25) is 0 Å². The minimum Gasteiger partial charge on any atom is -0.453 e. The van der Waals surface area contributed by atoms with Gasteiger partial charge in [-0.25, -0.2) is 0 Å². The van der Waals surface area contributed by atoms with Crippen molar-refractivity contribution in [1.82, 2.24) is 4.57 Å². The van der Waals surface area contributed by atoms with E-state index in [1.807, 2.05) is 0 Å². The highest BCUT2D eigenvalue weighted by molar-refractivity contribution is 6.18. The van der Waals surface area contributed by atoms with Crippen molar-refractivity contribution in [3.8, 4) is 39.1 Å². The SMILES string of the molecule is c1ccc(-n2c3ccccc3c3oc4c(-c5ccc(N(c6ccc(-c7cccc8ccccc78)cc6)c6ccc(-c7cccc8ccccc78)cc6)cc5)cccc4c32)cc1. The Morgan fingerprint density at radius 1 is 0.311 bits per heavy atom. The Morgan fingerprint density at radius 3 is 1.31 bits per heavy atom. The second-order valence-electron chi connectivity index (χ2n) is 15.7. The molecule has 0 spiro atoms. The minimum atomic E-state index is 0.889. The van der Waals surface area contributed by atoms with Gasteiger partial charge in [-0.15, -0.1) is 0 Å². The molecule has 0 saturated carbocycles. The largest absolute Gasteiger partial charge is 0.453 e. The highest BCUT2D eigenvalue weighted by atomic mass is 16.3. The van der Waals surface area contributed by atoms with Gasteiger partial charge in [0.05, 0.1) is 5.52 Å². The van der Waals surface area contributed by atoms with Crippen LogP contribution in [0.1, 0.15) is 0 Å². The van der Waals surface area contributed by atoms with E-state index in [-0.39, 0.29) is 0 Å². The number of rotatable bonds is 7. The lowest BCUT2D eigenvalue weighted by Gasteiger charge is -2.26. The van der Waals surface area contributed by atoms with Crippen LogP contribution >= 0.6 is 0 Å². The first-order valence-corrected chi connectivity index (χ1v) is 20.8. The predicted octanol–water partition coefficient (Wildman–Crippen LogP) is 16.3. The molecular weight excluding hydrogens is 741 g/mol. The third-order valence-corrected chi connectivity index (χ3v) is 12.2. The summed E-state index contributed by atoms with van der Waals surface area (Å²) in [6.45, 7) is 0. The highest BCUT2D eigenvalue weighted by Crippen LogP contribution is 2.44. The summed E-state index contributed by atoms with van der Waals surface area (Å²) < 4.78 is 9.22. The summed E-state index contributed by atoms with van der Waals surface area (Å²) in [6, 6.07) is 82.7. The normalized spacial score (nSPS) is 11.6. The molecule has 3 heteroatoms. The van der Waals surface area contributed by atoms with Crippen molar-refractivity contribution < 1.29 is 4.42 Å². The van der Waals surface area contributed by atoms with Crippen molar-refractivity contribution >= 4 is 71.6 Å². The minimum absolute atomic E-state index is 0.889. The lowest BCUT2D eigenvalue weighted by atomic mass is 9.97. The van der Waals surface area contributed by atoms with Crippen LogP contribution in [0.4, 0.5) is 17.1 Å². The van der Waals surface area contributed by atoms with Crippen LogP contribution < -0.4 is 4.90 Å². The number of anilines is 3. The fraction of sp³-hybridized carbons (Fsp3) is 0. The lowest BCUT2D eigenvalue weighted by molar-refractivity contribution is 0.674. The van der Waals surface area contributed by atoms with Crippen LogP contribution in [0.15, 0.2) is 235 Å². The Morgan fingerprint density at radius 2 is 0.738 bits per heavy atom. The first-order chi connectivity index (χ1) is 30.3. The van der Waals surface area contributed by atoms with E-state index in [0.717, 1.165) is 66.8 Å². The molecule has 0 radical (unpaired) electrons. The maximum Gasteiger partial charge on any atom is 0.161 e. The number of benzene rings is 10. The van der Waals surface area contributed by atoms with E-state index < -0.39 is 0 Å². The van der Waals surface area contributed by atoms with E-state index in [0.29, 0.717) is 0 Å². The van der Waals surface area contributed by atoms with Crippen molar-refractivity contribution in [3.63, 3.8) is 0 Å². The average Bonchev–Trinajstić information content (AvgIpc) is 3.87. The Balaban J connectivity index is 0.964. The molecule has 0 fully saturated rings. The molecule has 2 heterocycles. The van der Waals surface area contributed by atoms with Crippen LogP contribution in [0.3, 0.4) is 0 Å². The molecule has 286 valence electrons. The molecule has 3 nitrogen and oxygen atoms in total. The van der Waals surface area contributed by atoms with E-state index in [1.54, 1.807) is 0 Å². The first-order valence-electron chi connectivity index (χ1n) is 20.8. The molecule has 0 N–H and O–H groups in total. The number of fused-ring (bicyclic) bond motifs is 7. The zero-order valence-corrected chi connectivity index (χ0v) is 33.2. The molecule has 12 aromatic rings. The molecular formula is C58H38N2O. The lowest BCUT2D eigenvalue weighted by Crippen LogP contribution is -2.09. The molecule has 61 heavy (non-hydrogen) atoms. The van der Waals surface area contributed by atoms with Crippen LogP contribution in [0, 0.1) is 0 Å². The van der Waals surface area contributed by atoms with Gasteiger partial charge in [0.1, 0.15) is 11.1 Å². The third kappa shape index (κ3) is 5.82. The fourth-order valence-corrected chi connectivity index (χ4v) is 9.34. The van der Waals surface area contributed by atoms with Crippen molar-refractivity contribution in [2.75, 3.05) is 4.90 Å². The summed E-state index contributed by atoms with van der Waals surface area (Å²) >= 11 is 0. The van der Waals surface area contributed by atoms with Crippen molar-refractivity contribution in [3.05, 3.63) is 231 Å². The van der Waals surface area contributed by atoms with Crippen molar-refractivity contribution in [2.45, 2.75) is 0 Å². The summed E-state index contributed by atoms with van der Waals surface area (Å²) in [4.78, 5) is 2.35. The fourth-order valence-electron chi connectivity index (χ4n) is 9.34. The van der Waals surface area contributed by atoms with Gasteiger partial charge in [0.15, 0.2) is 5.58 Å². The Hall–Kier alpha value is -8.14. The predicted molar refractivity (Wildman–Crippen MR) is 257 cm³/mol. The van der Waals surface area contributed by atoms with Crippen LogP contribution in [-0.2, 0) is 0 Å². The summed E-state index contributed by atoms with van der Waals surface area (Å²) in [7, 11) is 0. The van der Waals surface area contributed by atoms with Gasteiger partial charge in [-0.1, -0.05) is 164 Å². The molecule has 0 aliphatic heterocycles. The zero-order chi connectivity index (χ0) is 40.3. The number of para-hydroxylation sites is 3. The molecule has 0 atom stereocenters. The van der Waals surface area contributed by atoms with E-state index >= 15 is 0 Å². The molecule has 12 rings (SSSR count). The monoisotopic (exact) mass is 778 g/mol. The quantitative estimate of drug-likeness (QED) is 0.161. The first kappa shape index (κ1) is 34.9. The number of hydrogen-bond donors (Lipinski definition) is 0. The summed E-state index contributed by atoms with van der Waals surface area (Å²) in [6.07, 6.45) is 0. The Labute approximate surface area is 353 Å².